The fraction of sp³-hybridized carbons (Fsp3) is 0.333. The summed E-state index contributed by atoms with van der Waals surface area (Å²) in [5.74, 6) is -2.42. The smallest absolute Gasteiger partial charge is 0.417 e. The summed E-state index contributed by atoms with van der Waals surface area (Å²) in [6.45, 7) is 0. The summed E-state index contributed by atoms with van der Waals surface area (Å²) >= 11 is 6.00. The Bertz CT molecular complexity index is 1170. The van der Waals surface area contributed by atoms with Crippen LogP contribution in [0.3, 0.4) is 0 Å². The van der Waals surface area contributed by atoms with Gasteiger partial charge in [0, 0.05) is 12.1 Å². The molecular formula is C21H17ClF3N3O3. The first-order valence-electron chi connectivity index (χ1n) is 9.65. The van der Waals surface area contributed by atoms with Crippen LogP contribution in [0.25, 0.3) is 11.0 Å². The van der Waals surface area contributed by atoms with E-state index < -0.39 is 35.1 Å². The molecule has 2 heterocycles. The number of carboxylic acids is 1. The lowest BCUT2D eigenvalue weighted by Gasteiger charge is -2.24. The summed E-state index contributed by atoms with van der Waals surface area (Å²) in [7, 11) is 0. The van der Waals surface area contributed by atoms with E-state index in [4.69, 9.17) is 11.6 Å². The third-order valence-corrected chi connectivity index (χ3v) is 5.97. The van der Waals surface area contributed by atoms with Gasteiger partial charge in [-0.05, 0) is 49.9 Å². The zero-order valence-corrected chi connectivity index (χ0v) is 16.8. The van der Waals surface area contributed by atoms with Crippen molar-refractivity contribution in [2.75, 3.05) is 0 Å². The lowest BCUT2D eigenvalue weighted by atomic mass is 9.80. The molecule has 3 aromatic rings. The van der Waals surface area contributed by atoms with Crippen LogP contribution in [0.1, 0.15) is 53.2 Å². The summed E-state index contributed by atoms with van der Waals surface area (Å²) in [4.78, 5) is 28.7. The molecule has 4 rings (SSSR count). The normalized spacial score (nSPS) is 19.5. The van der Waals surface area contributed by atoms with E-state index in [1.807, 2.05) is 0 Å². The minimum atomic E-state index is -4.77. The Morgan fingerprint density at radius 2 is 1.81 bits per heavy atom. The quantitative estimate of drug-likeness (QED) is 0.595. The fourth-order valence-corrected chi connectivity index (χ4v) is 4.36. The van der Waals surface area contributed by atoms with Crippen molar-refractivity contribution in [1.82, 2.24) is 14.8 Å². The molecule has 0 bridgehead atoms. The van der Waals surface area contributed by atoms with Crippen LogP contribution in [-0.2, 0) is 11.0 Å². The van der Waals surface area contributed by atoms with E-state index >= 15 is 0 Å². The van der Waals surface area contributed by atoms with Crippen molar-refractivity contribution in [1.29, 1.82) is 0 Å². The largest absolute Gasteiger partial charge is 0.481 e. The highest BCUT2D eigenvalue weighted by Crippen LogP contribution is 2.39. The van der Waals surface area contributed by atoms with E-state index in [0.717, 1.165) is 16.8 Å². The van der Waals surface area contributed by atoms with Crippen molar-refractivity contribution in [3.05, 3.63) is 58.4 Å². The maximum atomic E-state index is 13.5. The molecule has 1 N–H and O–H groups in total. The molecule has 6 nitrogen and oxygen atoms in total. The summed E-state index contributed by atoms with van der Waals surface area (Å²) < 4.78 is 41.5. The molecule has 0 aliphatic heterocycles. The molecule has 10 heteroatoms. The standard InChI is InChI=1S/C21H17ClF3N3O3/c22-14-4-1-3-13(21(23,24)25)16(14)19(29)28-15-5-2-10-26-18(15)17(27-28)11-6-8-12(9-7-11)20(30)31/h1-5,10-12H,6-9H2,(H,30,31)/t11-,12-. The van der Waals surface area contributed by atoms with E-state index in [9.17, 15) is 27.9 Å². The second-order valence-electron chi connectivity index (χ2n) is 7.52. The molecule has 1 fully saturated rings. The molecule has 1 aliphatic carbocycles. The number of fused-ring (bicyclic) bond motifs is 1. The molecule has 162 valence electrons. The number of carbonyl (C=O) groups excluding carboxylic acids is 1. The van der Waals surface area contributed by atoms with Crippen molar-refractivity contribution in [3.63, 3.8) is 0 Å². The zero-order valence-electron chi connectivity index (χ0n) is 16.1. The SMILES string of the molecule is O=C(c1c(Cl)cccc1C(F)(F)F)n1nc([C@H]2CC[C@H](C(=O)O)CC2)c2ncccc21. The van der Waals surface area contributed by atoms with E-state index in [2.05, 4.69) is 10.1 Å². The van der Waals surface area contributed by atoms with Gasteiger partial charge in [-0.25, -0.2) is 0 Å². The molecule has 0 spiro atoms. The van der Waals surface area contributed by atoms with Gasteiger partial charge in [-0.3, -0.25) is 14.6 Å². The van der Waals surface area contributed by atoms with Crippen LogP contribution in [0, 0.1) is 5.92 Å². The minimum absolute atomic E-state index is 0.143. The van der Waals surface area contributed by atoms with Gasteiger partial charge >= 0.3 is 12.1 Å². The van der Waals surface area contributed by atoms with Crippen LogP contribution in [0.5, 0.6) is 0 Å². The summed E-state index contributed by atoms with van der Waals surface area (Å²) in [6.07, 6.45) is -1.27. The monoisotopic (exact) mass is 451 g/mol. The summed E-state index contributed by atoms with van der Waals surface area (Å²) in [5.41, 5.74) is -0.647. The van der Waals surface area contributed by atoms with Gasteiger partial charge in [-0.1, -0.05) is 17.7 Å². The Labute approximate surface area is 179 Å². The Balaban J connectivity index is 1.79. The molecule has 0 amide bonds. The molecular weight excluding hydrogens is 435 g/mol. The first-order chi connectivity index (χ1) is 14.7. The second kappa shape index (κ2) is 7.96. The van der Waals surface area contributed by atoms with Crippen molar-refractivity contribution >= 4 is 34.5 Å². The highest BCUT2D eigenvalue weighted by atomic mass is 35.5. The molecule has 0 saturated heterocycles. The molecule has 0 unspecified atom stereocenters. The second-order valence-corrected chi connectivity index (χ2v) is 7.93. The van der Waals surface area contributed by atoms with Crippen LogP contribution in [0.15, 0.2) is 36.5 Å². The number of carboxylic acid groups (broad SMARTS) is 1. The highest BCUT2D eigenvalue weighted by Gasteiger charge is 2.38. The average molecular weight is 452 g/mol. The lowest BCUT2D eigenvalue weighted by Crippen LogP contribution is -2.22. The number of benzene rings is 1. The topological polar surface area (TPSA) is 85.1 Å². The molecule has 1 saturated carbocycles. The minimum Gasteiger partial charge on any atom is -0.481 e. The van der Waals surface area contributed by atoms with Crippen LogP contribution in [0.4, 0.5) is 13.2 Å². The van der Waals surface area contributed by atoms with Crippen LogP contribution in [0.2, 0.25) is 5.02 Å². The number of pyridine rings is 1. The van der Waals surface area contributed by atoms with Crippen LogP contribution in [-0.4, -0.2) is 31.7 Å². The van der Waals surface area contributed by atoms with Gasteiger partial charge in [0.15, 0.2) is 0 Å². The predicted octanol–water partition coefficient (Wildman–Crippen LogP) is 5.15. The number of rotatable bonds is 3. The van der Waals surface area contributed by atoms with Gasteiger partial charge in [-0.15, -0.1) is 0 Å². The number of hydrogen-bond donors (Lipinski definition) is 1. The zero-order chi connectivity index (χ0) is 22.3. The maximum absolute atomic E-state index is 13.5. The van der Waals surface area contributed by atoms with E-state index in [1.54, 1.807) is 12.1 Å². The molecule has 1 aliphatic rings. The average Bonchev–Trinajstić information content (AvgIpc) is 3.12. The van der Waals surface area contributed by atoms with Gasteiger partial charge in [0.25, 0.3) is 5.91 Å². The lowest BCUT2D eigenvalue weighted by molar-refractivity contribution is -0.143. The third kappa shape index (κ3) is 3.89. The Morgan fingerprint density at radius 1 is 1.10 bits per heavy atom. The first kappa shape index (κ1) is 21.3. The number of carbonyl (C=O) groups is 2. The van der Waals surface area contributed by atoms with E-state index in [1.165, 1.54) is 12.3 Å². The summed E-state index contributed by atoms with van der Waals surface area (Å²) in [6, 6.07) is 6.29. The van der Waals surface area contributed by atoms with E-state index in [0.29, 0.717) is 36.9 Å². The first-order valence-corrected chi connectivity index (χ1v) is 10.0. The predicted molar refractivity (Wildman–Crippen MR) is 106 cm³/mol. The number of alkyl halides is 3. The third-order valence-electron chi connectivity index (χ3n) is 5.65. The highest BCUT2D eigenvalue weighted by molar-refractivity contribution is 6.34. The fourth-order valence-electron chi connectivity index (χ4n) is 4.10. The number of aliphatic carboxylic acids is 1. The van der Waals surface area contributed by atoms with Crippen molar-refractivity contribution in [3.8, 4) is 0 Å². The van der Waals surface area contributed by atoms with E-state index in [-0.39, 0.29) is 16.5 Å². The van der Waals surface area contributed by atoms with Gasteiger partial charge in [0.2, 0.25) is 0 Å². The Hall–Kier alpha value is -2.94. The molecule has 1 aromatic carbocycles. The van der Waals surface area contributed by atoms with Crippen molar-refractivity contribution < 1.29 is 27.9 Å². The molecule has 2 aromatic heterocycles. The van der Waals surface area contributed by atoms with Gasteiger partial charge < -0.3 is 5.11 Å². The molecule has 0 radical (unpaired) electrons. The molecule has 0 atom stereocenters. The number of aromatic nitrogens is 3. The van der Waals surface area contributed by atoms with Gasteiger partial charge in [0.1, 0.15) is 5.52 Å². The van der Waals surface area contributed by atoms with Crippen LogP contribution >= 0.6 is 11.6 Å². The number of halogens is 4. The van der Waals surface area contributed by atoms with Crippen molar-refractivity contribution in [2.24, 2.45) is 5.92 Å². The van der Waals surface area contributed by atoms with Gasteiger partial charge in [-0.2, -0.15) is 23.0 Å². The maximum Gasteiger partial charge on any atom is 0.417 e. The van der Waals surface area contributed by atoms with Gasteiger partial charge in [0.05, 0.1) is 33.3 Å². The van der Waals surface area contributed by atoms with Crippen LogP contribution < -0.4 is 0 Å². The Morgan fingerprint density at radius 3 is 2.45 bits per heavy atom. The number of hydrogen-bond acceptors (Lipinski definition) is 4. The van der Waals surface area contributed by atoms with Crippen molar-refractivity contribution in [2.45, 2.75) is 37.8 Å². The Kier molecular flexibility index (Phi) is 5.47. The molecule has 31 heavy (non-hydrogen) atoms. The number of nitrogens with zero attached hydrogens (tertiary/aromatic N) is 3. The summed E-state index contributed by atoms with van der Waals surface area (Å²) in [5, 5.41) is 13.2.